The maximum absolute atomic E-state index is 12.3. The van der Waals surface area contributed by atoms with Crippen molar-refractivity contribution < 1.29 is 9.53 Å². The van der Waals surface area contributed by atoms with Crippen molar-refractivity contribution in [2.75, 3.05) is 11.1 Å². The van der Waals surface area contributed by atoms with E-state index in [1.807, 2.05) is 60.7 Å². The van der Waals surface area contributed by atoms with Crippen LogP contribution in [0.2, 0.25) is 0 Å². The van der Waals surface area contributed by atoms with Crippen LogP contribution in [0, 0.1) is 11.3 Å². The van der Waals surface area contributed by atoms with Gasteiger partial charge in [-0.3, -0.25) is 4.79 Å². The number of hydrogen-bond acceptors (Lipinski definition) is 5. The summed E-state index contributed by atoms with van der Waals surface area (Å²) in [4.78, 5) is 16.8. The van der Waals surface area contributed by atoms with Gasteiger partial charge in [0.1, 0.15) is 22.6 Å². The first kappa shape index (κ1) is 21.4. The normalized spacial score (nSPS) is 10.3. The van der Waals surface area contributed by atoms with Gasteiger partial charge in [0, 0.05) is 23.6 Å². The van der Waals surface area contributed by atoms with Crippen molar-refractivity contribution in [2.24, 2.45) is 0 Å². The lowest BCUT2D eigenvalue weighted by atomic mass is 10.2. The summed E-state index contributed by atoms with van der Waals surface area (Å²) in [6.45, 7) is 2.09. The van der Waals surface area contributed by atoms with Crippen molar-refractivity contribution in [2.45, 2.75) is 31.2 Å². The Balaban J connectivity index is 1.49. The van der Waals surface area contributed by atoms with Gasteiger partial charge in [-0.25, -0.2) is 4.98 Å². The summed E-state index contributed by atoms with van der Waals surface area (Å²) < 4.78 is 5.75. The first-order valence-corrected chi connectivity index (χ1v) is 10.8. The minimum atomic E-state index is -0.0811. The molecule has 30 heavy (non-hydrogen) atoms. The van der Waals surface area contributed by atoms with E-state index in [1.54, 1.807) is 6.07 Å². The minimum Gasteiger partial charge on any atom is -0.457 e. The number of carbonyl (C=O) groups is 1. The van der Waals surface area contributed by atoms with Gasteiger partial charge in [-0.1, -0.05) is 31.5 Å². The van der Waals surface area contributed by atoms with Gasteiger partial charge in [0.15, 0.2) is 0 Å². The average molecular weight is 418 g/mol. The highest BCUT2D eigenvalue weighted by molar-refractivity contribution is 7.99. The fourth-order valence-corrected chi connectivity index (χ4v) is 3.70. The summed E-state index contributed by atoms with van der Waals surface area (Å²) in [5, 5.41) is 12.8. The Bertz CT molecular complexity index is 1010. The zero-order valence-electron chi connectivity index (χ0n) is 16.8. The summed E-state index contributed by atoms with van der Waals surface area (Å²) in [5.74, 6) is 1.94. The number of nitriles is 1. The molecular weight excluding hydrogens is 394 g/mol. The number of thioether (sulfide) groups is 1. The van der Waals surface area contributed by atoms with Crippen molar-refractivity contribution in [3.63, 3.8) is 0 Å². The second-order valence-corrected chi connectivity index (χ2v) is 7.69. The number of para-hydroxylation sites is 1. The smallest absolute Gasteiger partial charge is 0.225 e. The molecule has 0 fully saturated rings. The van der Waals surface area contributed by atoms with Crippen LogP contribution >= 0.6 is 11.8 Å². The quantitative estimate of drug-likeness (QED) is 0.444. The van der Waals surface area contributed by atoms with Crippen LogP contribution in [0.5, 0.6) is 11.5 Å². The molecule has 5 nitrogen and oxygen atoms in total. The number of ether oxygens (including phenoxy) is 1. The van der Waals surface area contributed by atoms with Gasteiger partial charge < -0.3 is 10.1 Å². The van der Waals surface area contributed by atoms with Crippen LogP contribution in [0.1, 0.15) is 31.0 Å². The lowest BCUT2D eigenvalue weighted by Crippen LogP contribution is -2.12. The van der Waals surface area contributed by atoms with E-state index in [4.69, 9.17) is 4.74 Å². The molecule has 0 radical (unpaired) electrons. The van der Waals surface area contributed by atoms with E-state index in [0.29, 0.717) is 34.2 Å². The third kappa shape index (κ3) is 6.36. The van der Waals surface area contributed by atoms with Gasteiger partial charge in [0.25, 0.3) is 0 Å². The molecule has 0 saturated carbocycles. The minimum absolute atomic E-state index is 0.0811. The van der Waals surface area contributed by atoms with Crippen LogP contribution in [0.3, 0.4) is 0 Å². The number of hydrogen-bond donors (Lipinski definition) is 1. The van der Waals surface area contributed by atoms with Crippen LogP contribution in [0.15, 0.2) is 71.8 Å². The van der Waals surface area contributed by atoms with E-state index in [1.165, 1.54) is 11.8 Å². The van der Waals surface area contributed by atoms with Crippen molar-refractivity contribution in [1.82, 2.24) is 4.98 Å². The maximum atomic E-state index is 12.3. The van der Waals surface area contributed by atoms with Crippen molar-refractivity contribution in [1.29, 1.82) is 5.26 Å². The summed E-state index contributed by atoms with van der Waals surface area (Å²) in [7, 11) is 0. The molecule has 1 aromatic heterocycles. The average Bonchev–Trinajstić information content (AvgIpc) is 2.76. The Morgan fingerprint density at radius 3 is 2.50 bits per heavy atom. The molecule has 0 aliphatic rings. The zero-order valence-corrected chi connectivity index (χ0v) is 17.6. The molecule has 0 spiro atoms. The molecule has 1 heterocycles. The van der Waals surface area contributed by atoms with Crippen molar-refractivity contribution >= 4 is 23.4 Å². The number of rotatable bonds is 9. The topological polar surface area (TPSA) is 75.0 Å². The highest BCUT2D eigenvalue weighted by atomic mass is 32.2. The maximum Gasteiger partial charge on any atom is 0.225 e. The van der Waals surface area contributed by atoms with E-state index in [2.05, 4.69) is 23.3 Å². The molecule has 0 unspecified atom stereocenters. The molecular formula is C24H23N3O2S. The largest absolute Gasteiger partial charge is 0.457 e. The van der Waals surface area contributed by atoms with Gasteiger partial charge in [-0.2, -0.15) is 5.26 Å². The fraction of sp³-hybridized carbons (Fsp3) is 0.208. The molecule has 6 heteroatoms. The third-order valence-electron chi connectivity index (χ3n) is 4.23. The van der Waals surface area contributed by atoms with E-state index >= 15 is 0 Å². The second kappa shape index (κ2) is 11.0. The number of benzene rings is 2. The van der Waals surface area contributed by atoms with E-state index < -0.39 is 0 Å². The molecule has 0 atom stereocenters. The number of aryl methyl sites for hydroxylation is 1. The number of nitrogens with zero attached hydrogens (tertiary/aromatic N) is 2. The summed E-state index contributed by atoms with van der Waals surface area (Å²) in [6.07, 6.45) is 2.21. The Labute approximate surface area is 181 Å². The first-order chi connectivity index (χ1) is 14.7. The number of amides is 1. The van der Waals surface area contributed by atoms with E-state index in [-0.39, 0.29) is 5.91 Å². The SMILES string of the molecule is CCCc1ccc(C#N)c(SCCC(=O)Nc2ccc(Oc3ccccc3)cc2)n1. The molecule has 1 N–H and O–H groups in total. The Morgan fingerprint density at radius 2 is 1.80 bits per heavy atom. The van der Waals surface area contributed by atoms with Crippen LogP contribution in [0.4, 0.5) is 5.69 Å². The Morgan fingerprint density at radius 1 is 1.07 bits per heavy atom. The molecule has 2 aromatic carbocycles. The number of nitrogens with one attached hydrogen (secondary N) is 1. The first-order valence-electron chi connectivity index (χ1n) is 9.83. The molecule has 152 valence electrons. The molecule has 0 aliphatic heterocycles. The highest BCUT2D eigenvalue weighted by Crippen LogP contribution is 2.24. The highest BCUT2D eigenvalue weighted by Gasteiger charge is 2.09. The summed E-state index contributed by atoms with van der Waals surface area (Å²) in [5.41, 5.74) is 2.24. The van der Waals surface area contributed by atoms with Crippen LogP contribution < -0.4 is 10.1 Å². The summed E-state index contributed by atoms with van der Waals surface area (Å²) >= 11 is 1.44. The zero-order chi connectivity index (χ0) is 21.2. The molecule has 0 saturated heterocycles. The monoisotopic (exact) mass is 417 g/mol. The van der Waals surface area contributed by atoms with E-state index in [9.17, 15) is 10.1 Å². The number of aromatic nitrogens is 1. The van der Waals surface area contributed by atoms with Gasteiger partial charge in [-0.15, -0.1) is 11.8 Å². The van der Waals surface area contributed by atoms with Crippen LogP contribution in [0.25, 0.3) is 0 Å². The lowest BCUT2D eigenvalue weighted by molar-refractivity contribution is -0.115. The standard InChI is InChI=1S/C24H23N3O2S/c1-2-6-19-10-9-18(17-25)24(27-19)30-16-15-23(28)26-20-11-13-22(14-12-20)29-21-7-4-3-5-8-21/h3-5,7-14H,2,6,15-16H2,1H3,(H,26,28). The number of anilines is 1. The number of carbonyl (C=O) groups excluding carboxylic acids is 1. The van der Waals surface area contributed by atoms with Crippen LogP contribution in [-0.4, -0.2) is 16.6 Å². The van der Waals surface area contributed by atoms with Crippen molar-refractivity contribution in [3.05, 3.63) is 78.0 Å². The molecule has 3 rings (SSSR count). The second-order valence-electron chi connectivity index (χ2n) is 6.60. The molecule has 1 amide bonds. The van der Waals surface area contributed by atoms with Gasteiger partial charge in [-0.05, 0) is 55.0 Å². The molecule has 0 aliphatic carbocycles. The third-order valence-corrected chi connectivity index (χ3v) is 5.22. The van der Waals surface area contributed by atoms with Crippen LogP contribution in [-0.2, 0) is 11.2 Å². The van der Waals surface area contributed by atoms with Gasteiger partial charge >= 0.3 is 0 Å². The van der Waals surface area contributed by atoms with Gasteiger partial charge in [0.05, 0.1) is 5.56 Å². The summed E-state index contributed by atoms with van der Waals surface area (Å²) in [6, 6.07) is 22.7. The fourth-order valence-electron chi connectivity index (χ4n) is 2.76. The molecule has 0 bridgehead atoms. The predicted octanol–water partition coefficient (Wildman–Crippen LogP) is 5.82. The molecule has 3 aromatic rings. The van der Waals surface area contributed by atoms with Crippen molar-refractivity contribution in [3.8, 4) is 17.6 Å². The van der Waals surface area contributed by atoms with Gasteiger partial charge in [0.2, 0.25) is 5.91 Å². The predicted molar refractivity (Wildman–Crippen MR) is 120 cm³/mol. The Hall–Kier alpha value is -3.30. The lowest BCUT2D eigenvalue weighted by Gasteiger charge is -2.09. The number of pyridine rings is 1. The Kier molecular flexibility index (Phi) is 7.87. The van der Waals surface area contributed by atoms with E-state index in [0.717, 1.165) is 24.3 Å².